The van der Waals surface area contributed by atoms with Crippen molar-refractivity contribution in [1.29, 1.82) is 0 Å². The zero-order valence-electron chi connectivity index (χ0n) is 13.3. The van der Waals surface area contributed by atoms with Crippen molar-refractivity contribution in [2.75, 3.05) is 0 Å². The summed E-state index contributed by atoms with van der Waals surface area (Å²) in [6.45, 7) is 0. The quantitative estimate of drug-likeness (QED) is 0.381. The van der Waals surface area contributed by atoms with Gasteiger partial charge in [0.25, 0.3) is 11.6 Å². The van der Waals surface area contributed by atoms with Crippen LogP contribution in [0.4, 0.5) is 5.69 Å². The number of amides is 1. The van der Waals surface area contributed by atoms with Crippen LogP contribution in [0.3, 0.4) is 0 Å². The number of nitrogens with zero attached hydrogens (tertiary/aromatic N) is 2. The first kappa shape index (κ1) is 17.6. The SMILES string of the molecule is O=C(NN=Cc1ccc(-c2cccc([N+](=O)[O-])c2)o1)c1cccc(Br)c1. The Bertz CT molecular complexity index is 997. The lowest BCUT2D eigenvalue weighted by Crippen LogP contribution is -2.17. The molecule has 26 heavy (non-hydrogen) atoms. The van der Waals surface area contributed by atoms with Crippen LogP contribution < -0.4 is 5.43 Å². The van der Waals surface area contributed by atoms with Crippen LogP contribution >= 0.6 is 15.9 Å². The molecule has 0 aliphatic carbocycles. The van der Waals surface area contributed by atoms with Crippen molar-refractivity contribution in [2.45, 2.75) is 0 Å². The summed E-state index contributed by atoms with van der Waals surface area (Å²) in [4.78, 5) is 22.4. The van der Waals surface area contributed by atoms with Crippen molar-refractivity contribution in [2.24, 2.45) is 5.10 Å². The fourth-order valence-corrected chi connectivity index (χ4v) is 2.60. The van der Waals surface area contributed by atoms with Crippen LogP contribution in [0.25, 0.3) is 11.3 Å². The number of benzene rings is 2. The van der Waals surface area contributed by atoms with Crippen LogP contribution in [0.1, 0.15) is 16.1 Å². The van der Waals surface area contributed by atoms with E-state index in [4.69, 9.17) is 4.42 Å². The highest BCUT2D eigenvalue weighted by Crippen LogP contribution is 2.25. The van der Waals surface area contributed by atoms with E-state index in [1.807, 2.05) is 6.07 Å². The van der Waals surface area contributed by atoms with Crippen LogP contribution in [0, 0.1) is 10.1 Å². The van der Waals surface area contributed by atoms with Gasteiger partial charge in [0.1, 0.15) is 11.5 Å². The molecule has 1 N–H and O–H groups in total. The van der Waals surface area contributed by atoms with Crippen molar-refractivity contribution in [3.8, 4) is 11.3 Å². The van der Waals surface area contributed by atoms with Gasteiger partial charge >= 0.3 is 0 Å². The highest BCUT2D eigenvalue weighted by molar-refractivity contribution is 9.10. The van der Waals surface area contributed by atoms with Gasteiger partial charge in [-0.1, -0.05) is 34.1 Å². The van der Waals surface area contributed by atoms with E-state index in [9.17, 15) is 14.9 Å². The summed E-state index contributed by atoms with van der Waals surface area (Å²) in [6.07, 6.45) is 1.36. The Balaban J connectivity index is 1.68. The van der Waals surface area contributed by atoms with Gasteiger partial charge in [-0.15, -0.1) is 0 Å². The first-order chi connectivity index (χ1) is 12.5. The highest BCUT2D eigenvalue weighted by atomic mass is 79.9. The molecule has 3 aromatic rings. The molecular weight excluding hydrogens is 402 g/mol. The van der Waals surface area contributed by atoms with Crippen molar-refractivity contribution in [3.63, 3.8) is 0 Å². The van der Waals surface area contributed by atoms with Crippen LogP contribution in [-0.4, -0.2) is 17.0 Å². The monoisotopic (exact) mass is 413 g/mol. The average molecular weight is 414 g/mol. The van der Waals surface area contributed by atoms with Crippen LogP contribution in [0.15, 0.2) is 74.7 Å². The molecule has 8 heteroatoms. The Morgan fingerprint density at radius 2 is 1.96 bits per heavy atom. The molecular formula is C18H12BrN3O4. The number of rotatable bonds is 5. The zero-order valence-corrected chi connectivity index (χ0v) is 14.8. The number of carbonyl (C=O) groups is 1. The molecule has 0 atom stereocenters. The maximum atomic E-state index is 12.0. The molecule has 130 valence electrons. The molecule has 0 aliphatic rings. The number of nitro groups is 1. The summed E-state index contributed by atoms with van der Waals surface area (Å²) in [7, 11) is 0. The fraction of sp³-hybridized carbons (Fsp3) is 0. The molecule has 0 saturated heterocycles. The van der Waals surface area contributed by atoms with E-state index in [-0.39, 0.29) is 11.6 Å². The van der Waals surface area contributed by atoms with Gasteiger partial charge in [-0.2, -0.15) is 5.10 Å². The molecule has 1 amide bonds. The van der Waals surface area contributed by atoms with E-state index in [2.05, 4.69) is 26.5 Å². The molecule has 0 saturated carbocycles. The number of nitro benzene ring substituents is 1. The van der Waals surface area contributed by atoms with Gasteiger partial charge in [-0.25, -0.2) is 5.43 Å². The third-order valence-electron chi connectivity index (χ3n) is 3.41. The predicted octanol–water partition coefficient (Wildman–Crippen LogP) is 4.38. The number of carbonyl (C=O) groups excluding carboxylic acids is 1. The fourth-order valence-electron chi connectivity index (χ4n) is 2.20. The summed E-state index contributed by atoms with van der Waals surface area (Å²) >= 11 is 3.30. The van der Waals surface area contributed by atoms with Crippen molar-refractivity contribution in [3.05, 3.63) is 86.6 Å². The second-order valence-corrected chi connectivity index (χ2v) is 6.13. The lowest BCUT2D eigenvalue weighted by Gasteiger charge is -1.99. The molecule has 1 heterocycles. The number of non-ortho nitro benzene ring substituents is 1. The molecule has 0 spiro atoms. The molecule has 0 fully saturated rings. The Kier molecular flexibility index (Phi) is 5.23. The molecule has 0 bridgehead atoms. The number of furan rings is 1. The van der Waals surface area contributed by atoms with Crippen LogP contribution in [-0.2, 0) is 0 Å². The molecule has 0 unspecified atom stereocenters. The van der Waals surface area contributed by atoms with Crippen LogP contribution in [0.5, 0.6) is 0 Å². The van der Waals surface area contributed by atoms with Crippen molar-refractivity contribution >= 4 is 33.7 Å². The minimum Gasteiger partial charge on any atom is -0.455 e. The largest absolute Gasteiger partial charge is 0.455 e. The Morgan fingerprint density at radius 3 is 2.73 bits per heavy atom. The van der Waals surface area contributed by atoms with E-state index in [0.717, 1.165) is 4.47 Å². The second-order valence-electron chi connectivity index (χ2n) is 5.22. The van der Waals surface area contributed by atoms with E-state index in [1.165, 1.54) is 18.3 Å². The summed E-state index contributed by atoms with van der Waals surface area (Å²) < 4.78 is 6.37. The van der Waals surface area contributed by atoms with E-state index in [0.29, 0.717) is 22.6 Å². The highest BCUT2D eigenvalue weighted by Gasteiger charge is 2.10. The average Bonchev–Trinajstić information content (AvgIpc) is 3.10. The number of hydrazone groups is 1. The van der Waals surface area contributed by atoms with E-state index in [1.54, 1.807) is 42.5 Å². The molecule has 7 nitrogen and oxygen atoms in total. The molecule has 2 aromatic carbocycles. The van der Waals surface area contributed by atoms with Crippen LogP contribution in [0.2, 0.25) is 0 Å². The van der Waals surface area contributed by atoms with Crippen molar-refractivity contribution in [1.82, 2.24) is 5.43 Å². The van der Waals surface area contributed by atoms with E-state index < -0.39 is 4.92 Å². The lowest BCUT2D eigenvalue weighted by atomic mass is 10.1. The number of nitrogens with one attached hydrogen (secondary N) is 1. The minimum absolute atomic E-state index is 0.0181. The third kappa shape index (κ3) is 4.22. The third-order valence-corrected chi connectivity index (χ3v) is 3.91. The van der Waals surface area contributed by atoms with E-state index >= 15 is 0 Å². The smallest absolute Gasteiger partial charge is 0.271 e. The first-order valence-electron chi connectivity index (χ1n) is 7.46. The van der Waals surface area contributed by atoms with Gasteiger partial charge in [0.2, 0.25) is 0 Å². The number of hydrogen-bond acceptors (Lipinski definition) is 5. The van der Waals surface area contributed by atoms with Crippen molar-refractivity contribution < 1.29 is 14.1 Å². The normalized spacial score (nSPS) is 10.8. The molecule has 1 aromatic heterocycles. The number of hydrogen-bond donors (Lipinski definition) is 1. The van der Waals surface area contributed by atoms with Gasteiger partial charge in [0, 0.05) is 27.7 Å². The molecule has 3 rings (SSSR count). The maximum Gasteiger partial charge on any atom is 0.271 e. The summed E-state index contributed by atoms with van der Waals surface area (Å²) in [5.41, 5.74) is 3.44. The predicted molar refractivity (Wildman–Crippen MR) is 100 cm³/mol. The standard InChI is InChI=1S/C18H12BrN3O4/c19-14-5-1-4-13(9-14)18(23)21-20-11-16-7-8-17(26-16)12-3-2-6-15(10-12)22(24)25/h1-11H,(H,21,23). The summed E-state index contributed by atoms with van der Waals surface area (Å²) in [5.74, 6) is 0.516. The number of halogens is 1. The summed E-state index contributed by atoms with van der Waals surface area (Å²) in [6, 6.07) is 16.4. The summed E-state index contributed by atoms with van der Waals surface area (Å²) in [5, 5.41) is 14.7. The van der Waals surface area contributed by atoms with Gasteiger partial charge < -0.3 is 4.42 Å². The molecule has 0 aliphatic heterocycles. The minimum atomic E-state index is -0.466. The Morgan fingerprint density at radius 1 is 1.15 bits per heavy atom. The second kappa shape index (κ2) is 7.75. The Hall–Kier alpha value is -3.26. The Labute approximate surface area is 156 Å². The van der Waals surface area contributed by atoms with Gasteiger partial charge in [-0.3, -0.25) is 14.9 Å². The van der Waals surface area contributed by atoms with Gasteiger partial charge in [0.05, 0.1) is 11.1 Å². The lowest BCUT2D eigenvalue weighted by molar-refractivity contribution is -0.384. The topological polar surface area (TPSA) is 97.7 Å². The van der Waals surface area contributed by atoms with Gasteiger partial charge in [-0.05, 0) is 30.3 Å². The van der Waals surface area contributed by atoms with Gasteiger partial charge in [0.15, 0.2) is 0 Å². The zero-order chi connectivity index (χ0) is 18.5. The maximum absolute atomic E-state index is 12.0. The molecule has 0 radical (unpaired) electrons. The first-order valence-corrected chi connectivity index (χ1v) is 8.26.